The van der Waals surface area contributed by atoms with Gasteiger partial charge in [-0.05, 0) is 35.4 Å². The predicted molar refractivity (Wildman–Crippen MR) is 90.8 cm³/mol. The van der Waals surface area contributed by atoms with Crippen LogP contribution < -0.4 is 11.3 Å². The van der Waals surface area contributed by atoms with Crippen LogP contribution in [0.4, 0.5) is 0 Å². The number of rotatable bonds is 6. The first kappa shape index (κ1) is 15.8. The second kappa shape index (κ2) is 6.28. The second-order valence-corrected chi connectivity index (χ2v) is 6.77. The van der Waals surface area contributed by atoms with Crippen molar-refractivity contribution >= 4 is 28.6 Å². The molecule has 1 saturated carbocycles. The molecule has 4 rings (SSSR count). The number of hydrogen-bond donors (Lipinski definition) is 1. The highest BCUT2D eigenvalue weighted by atomic mass is 32.2. The van der Waals surface area contributed by atoms with Crippen LogP contribution in [-0.4, -0.2) is 35.7 Å². The van der Waals surface area contributed by atoms with E-state index in [1.165, 1.54) is 16.3 Å². The van der Waals surface area contributed by atoms with Gasteiger partial charge in [-0.3, -0.25) is 14.2 Å². The van der Waals surface area contributed by atoms with E-state index in [2.05, 4.69) is 20.5 Å². The first-order valence-corrected chi connectivity index (χ1v) is 8.79. The zero-order chi connectivity index (χ0) is 17.4. The Bertz CT molecular complexity index is 1010. The van der Waals surface area contributed by atoms with E-state index in [0.717, 1.165) is 12.8 Å². The lowest BCUT2D eigenvalue weighted by Crippen LogP contribution is -2.31. The van der Waals surface area contributed by atoms with E-state index in [9.17, 15) is 9.59 Å². The number of amides is 1. The van der Waals surface area contributed by atoms with E-state index in [0.29, 0.717) is 33.7 Å². The molecule has 0 unspecified atom stereocenters. The Morgan fingerprint density at radius 2 is 2.12 bits per heavy atom. The summed E-state index contributed by atoms with van der Waals surface area (Å²) in [4.78, 5) is 28.6. The minimum absolute atomic E-state index is 0.208. The zero-order valence-electron chi connectivity index (χ0n) is 13.2. The third-order valence-corrected chi connectivity index (χ3v) is 4.87. The van der Waals surface area contributed by atoms with Crippen LogP contribution in [0.3, 0.4) is 0 Å². The van der Waals surface area contributed by atoms with Gasteiger partial charge in [-0.2, -0.15) is 0 Å². The van der Waals surface area contributed by atoms with Gasteiger partial charge in [0.2, 0.25) is 11.1 Å². The summed E-state index contributed by atoms with van der Waals surface area (Å²) in [5.74, 6) is 0.242. The molecule has 0 aliphatic heterocycles. The number of tetrazole rings is 1. The molecule has 128 valence electrons. The molecule has 2 aromatic heterocycles. The molecule has 2 N–H and O–H groups in total. The average molecular weight is 357 g/mol. The fourth-order valence-electron chi connectivity index (χ4n) is 2.60. The molecule has 3 aromatic rings. The number of aromatic nitrogens is 6. The minimum atomic E-state index is -0.590. The Labute approximate surface area is 146 Å². The first-order chi connectivity index (χ1) is 12.1. The summed E-state index contributed by atoms with van der Waals surface area (Å²) in [6.45, 7) is -0.208. The largest absolute Gasteiger partial charge is 0.368 e. The van der Waals surface area contributed by atoms with Crippen molar-refractivity contribution in [3.05, 3.63) is 40.4 Å². The predicted octanol–water partition coefficient (Wildman–Crippen LogP) is 0.495. The van der Waals surface area contributed by atoms with Gasteiger partial charge in [-0.25, -0.2) is 9.67 Å². The summed E-state index contributed by atoms with van der Waals surface area (Å²) in [5, 5.41) is 12.9. The maximum absolute atomic E-state index is 12.7. The third-order valence-electron chi connectivity index (χ3n) is 3.94. The van der Waals surface area contributed by atoms with Crippen molar-refractivity contribution in [1.82, 2.24) is 29.8 Å². The quantitative estimate of drug-likeness (QED) is 0.637. The van der Waals surface area contributed by atoms with Gasteiger partial charge in [0.05, 0.1) is 22.7 Å². The van der Waals surface area contributed by atoms with Crippen LogP contribution in [0.25, 0.3) is 10.9 Å². The van der Waals surface area contributed by atoms with Crippen molar-refractivity contribution in [3.63, 3.8) is 0 Å². The van der Waals surface area contributed by atoms with Crippen molar-refractivity contribution in [1.29, 1.82) is 0 Å². The highest BCUT2D eigenvalue weighted by Crippen LogP contribution is 2.36. The Balaban J connectivity index is 1.70. The maximum atomic E-state index is 12.7. The van der Waals surface area contributed by atoms with Crippen molar-refractivity contribution in [2.75, 3.05) is 0 Å². The average Bonchev–Trinajstić information content (AvgIpc) is 3.34. The van der Waals surface area contributed by atoms with E-state index in [1.807, 2.05) is 6.07 Å². The molecule has 0 atom stereocenters. The van der Waals surface area contributed by atoms with Crippen LogP contribution in [0.1, 0.15) is 24.7 Å². The van der Waals surface area contributed by atoms with E-state index in [-0.39, 0.29) is 12.1 Å². The standard InChI is InChI=1S/C15H15N7O2S/c16-12(23)7-21-13(17-11-4-2-1-3-10(11)14(21)24)8-25-15-18-19-20-22(15)9-5-6-9/h1-4,9H,5-8H2,(H2,16,23). The van der Waals surface area contributed by atoms with Crippen molar-refractivity contribution in [3.8, 4) is 0 Å². The maximum Gasteiger partial charge on any atom is 0.261 e. The number of benzene rings is 1. The molecule has 1 aromatic carbocycles. The molecule has 1 aliphatic rings. The van der Waals surface area contributed by atoms with Gasteiger partial charge < -0.3 is 5.73 Å². The highest BCUT2D eigenvalue weighted by molar-refractivity contribution is 7.98. The van der Waals surface area contributed by atoms with Gasteiger partial charge in [-0.1, -0.05) is 23.9 Å². The van der Waals surface area contributed by atoms with Crippen LogP contribution in [-0.2, 0) is 17.1 Å². The van der Waals surface area contributed by atoms with E-state index < -0.39 is 5.91 Å². The third kappa shape index (κ3) is 3.12. The molecule has 0 radical (unpaired) electrons. The number of para-hydroxylation sites is 1. The molecule has 0 bridgehead atoms. The summed E-state index contributed by atoms with van der Waals surface area (Å²) in [7, 11) is 0. The van der Waals surface area contributed by atoms with Crippen molar-refractivity contribution in [2.24, 2.45) is 5.73 Å². The Morgan fingerprint density at radius 1 is 1.32 bits per heavy atom. The van der Waals surface area contributed by atoms with E-state index in [1.54, 1.807) is 22.9 Å². The monoisotopic (exact) mass is 357 g/mol. The summed E-state index contributed by atoms with van der Waals surface area (Å²) in [6, 6.07) is 7.39. The second-order valence-electron chi connectivity index (χ2n) is 5.83. The van der Waals surface area contributed by atoms with E-state index >= 15 is 0 Å². The molecule has 1 amide bonds. The molecule has 2 heterocycles. The lowest BCUT2D eigenvalue weighted by atomic mass is 10.2. The number of hydrogen-bond acceptors (Lipinski definition) is 7. The molecule has 1 fully saturated rings. The van der Waals surface area contributed by atoms with Crippen molar-refractivity contribution < 1.29 is 4.79 Å². The van der Waals surface area contributed by atoms with Crippen LogP contribution in [0.15, 0.2) is 34.2 Å². The van der Waals surface area contributed by atoms with Crippen LogP contribution in [0.5, 0.6) is 0 Å². The number of thioether (sulfide) groups is 1. The van der Waals surface area contributed by atoms with Crippen molar-refractivity contribution in [2.45, 2.75) is 36.3 Å². The van der Waals surface area contributed by atoms with Crippen LogP contribution in [0, 0.1) is 0 Å². The Kier molecular flexibility index (Phi) is 3.96. The molecule has 10 heteroatoms. The molecule has 25 heavy (non-hydrogen) atoms. The van der Waals surface area contributed by atoms with E-state index in [4.69, 9.17) is 5.73 Å². The van der Waals surface area contributed by atoms with Gasteiger partial charge in [0, 0.05) is 0 Å². The summed E-state index contributed by atoms with van der Waals surface area (Å²) in [5.41, 5.74) is 5.61. The Morgan fingerprint density at radius 3 is 2.88 bits per heavy atom. The smallest absolute Gasteiger partial charge is 0.261 e. The first-order valence-electron chi connectivity index (χ1n) is 7.81. The molecule has 9 nitrogen and oxygen atoms in total. The number of nitrogens with zero attached hydrogens (tertiary/aromatic N) is 6. The number of fused-ring (bicyclic) bond motifs is 1. The summed E-state index contributed by atoms with van der Waals surface area (Å²) >= 11 is 1.39. The topological polar surface area (TPSA) is 122 Å². The van der Waals surface area contributed by atoms with Gasteiger partial charge in [0.1, 0.15) is 12.4 Å². The lowest BCUT2D eigenvalue weighted by molar-refractivity contribution is -0.118. The molecular weight excluding hydrogens is 342 g/mol. The van der Waals surface area contributed by atoms with Crippen LogP contribution >= 0.6 is 11.8 Å². The highest BCUT2D eigenvalue weighted by Gasteiger charge is 2.28. The molecule has 0 saturated heterocycles. The minimum Gasteiger partial charge on any atom is -0.368 e. The summed E-state index contributed by atoms with van der Waals surface area (Å²) in [6.07, 6.45) is 2.14. The van der Waals surface area contributed by atoms with Crippen LogP contribution in [0.2, 0.25) is 0 Å². The number of carbonyl (C=O) groups excluding carboxylic acids is 1. The van der Waals surface area contributed by atoms with Gasteiger partial charge in [0.15, 0.2) is 0 Å². The Hall–Kier alpha value is -2.75. The number of primary amides is 1. The number of carbonyl (C=O) groups is 1. The molecular formula is C15H15N7O2S. The molecule has 0 spiro atoms. The summed E-state index contributed by atoms with van der Waals surface area (Å²) < 4.78 is 3.12. The SMILES string of the molecule is NC(=O)Cn1c(CSc2nnnn2C2CC2)nc2ccccc2c1=O. The lowest BCUT2D eigenvalue weighted by Gasteiger charge is -2.11. The van der Waals surface area contributed by atoms with Gasteiger partial charge >= 0.3 is 0 Å². The fraction of sp³-hybridized carbons (Fsp3) is 0.333. The normalized spacial score (nSPS) is 14.1. The fourth-order valence-corrected chi connectivity index (χ4v) is 3.49. The molecule has 1 aliphatic carbocycles. The zero-order valence-corrected chi connectivity index (χ0v) is 14.0. The number of nitrogens with two attached hydrogens (primary N) is 1. The van der Waals surface area contributed by atoms with Gasteiger partial charge in [0.25, 0.3) is 5.56 Å². The van der Waals surface area contributed by atoms with Gasteiger partial charge in [-0.15, -0.1) is 5.10 Å².